The fourth-order valence-corrected chi connectivity index (χ4v) is 2.06. The molecule has 1 aliphatic rings. The van der Waals surface area contributed by atoms with Gasteiger partial charge in [0.2, 0.25) is 0 Å². The third kappa shape index (κ3) is 5.70. The van der Waals surface area contributed by atoms with Crippen molar-refractivity contribution in [3.8, 4) is 0 Å². The second kappa shape index (κ2) is 6.45. The first-order chi connectivity index (χ1) is 7.51. The van der Waals surface area contributed by atoms with Crippen LogP contribution in [-0.2, 0) is 0 Å². The number of hydrogen-bond donors (Lipinski definition) is 1. The number of rotatable bonds is 4. The van der Waals surface area contributed by atoms with Gasteiger partial charge >= 0.3 is 6.18 Å². The molecule has 0 bridgehead atoms. The molecule has 1 aliphatic heterocycles. The molecular weight excluding hydrogens is 217 g/mol. The van der Waals surface area contributed by atoms with Crippen molar-refractivity contribution in [3.63, 3.8) is 0 Å². The summed E-state index contributed by atoms with van der Waals surface area (Å²) in [5.41, 5.74) is 0. The number of nitrogens with one attached hydrogen (secondary N) is 1. The van der Waals surface area contributed by atoms with Gasteiger partial charge in [-0.1, -0.05) is 6.92 Å². The minimum absolute atomic E-state index is 0.222. The Kier molecular flexibility index (Phi) is 5.55. The number of halogens is 3. The highest BCUT2D eigenvalue weighted by Crippen LogP contribution is 2.21. The maximum absolute atomic E-state index is 12.0. The molecule has 0 aromatic rings. The van der Waals surface area contributed by atoms with E-state index in [4.69, 9.17) is 0 Å². The molecule has 1 saturated heterocycles. The average Bonchev–Trinajstić information content (AvgIpc) is 2.41. The van der Waals surface area contributed by atoms with E-state index in [1.807, 2.05) is 0 Å². The summed E-state index contributed by atoms with van der Waals surface area (Å²) in [6.07, 6.45) is -2.37. The third-order valence-corrected chi connectivity index (χ3v) is 2.99. The standard InChI is InChI=1S/C11H21F3N2/c1-2-10-9-16(8-4-6-15-10)7-3-5-11(12,13)14/h10,15H,2-9H2,1H3. The summed E-state index contributed by atoms with van der Waals surface area (Å²) in [7, 11) is 0. The average molecular weight is 238 g/mol. The first kappa shape index (κ1) is 13.8. The maximum atomic E-state index is 12.0. The lowest BCUT2D eigenvalue weighted by Gasteiger charge is -2.23. The van der Waals surface area contributed by atoms with Crippen molar-refractivity contribution in [1.29, 1.82) is 0 Å². The van der Waals surface area contributed by atoms with Crippen LogP contribution in [0.1, 0.15) is 32.6 Å². The van der Waals surface area contributed by atoms with Crippen LogP contribution in [0.2, 0.25) is 0 Å². The molecule has 0 aromatic carbocycles. The van der Waals surface area contributed by atoms with Crippen LogP contribution in [0.25, 0.3) is 0 Å². The molecule has 2 nitrogen and oxygen atoms in total. The SMILES string of the molecule is CCC1CN(CCCC(F)(F)F)CCCN1. The predicted molar refractivity (Wildman–Crippen MR) is 58.4 cm³/mol. The molecule has 0 aliphatic carbocycles. The molecule has 0 aromatic heterocycles. The Labute approximate surface area is 95.2 Å². The van der Waals surface area contributed by atoms with Gasteiger partial charge in [0.05, 0.1) is 0 Å². The molecule has 96 valence electrons. The van der Waals surface area contributed by atoms with Crippen molar-refractivity contribution in [1.82, 2.24) is 10.2 Å². The largest absolute Gasteiger partial charge is 0.389 e. The van der Waals surface area contributed by atoms with Gasteiger partial charge in [0, 0.05) is 19.0 Å². The first-order valence-electron chi connectivity index (χ1n) is 6.04. The van der Waals surface area contributed by atoms with Crippen LogP contribution in [-0.4, -0.2) is 43.3 Å². The lowest BCUT2D eigenvalue weighted by molar-refractivity contribution is -0.136. The Morgan fingerprint density at radius 1 is 1.38 bits per heavy atom. The van der Waals surface area contributed by atoms with Crippen LogP contribution < -0.4 is 5.32 Å². The smallest absolute Gasteiger partial charge is 0.313 e. The summed E-state index contributed by atoms with van der Waals surface area (Å²) < 4.78 is 36.0. The van der Waals surface area contributed by atoms with Crippen LogP contribution in [0, 0.1) is 0 Å². The Hall–Kier alpha value is -0.290. The topological polar surface area (TPSA) is 15.3 Å². The van der Waals surface area contributed by atoms with E-state index >= 15 is 0 Å². The van der Waals surface area contributed by atoms with Gasteiger partial charge in [-0.2, -0.15) is 13.2 Å². The highest BCUT2D eigenvalue weighted by molar-refractivity contribution is 4.75. The number of hydrogen-bond acceptors (Lipinski definition) is 2. The fraction of sp³-hybridized carbons (Fsp3) is 1.00. The van der Waals surface area contributed by atoms with Crippen molar-refractivity contribution in [2.75, 3.05) is 26.2 Å². The monoisotopic (exact) mass is 238 g/mol. The van der Waals surface area contributed by atoms with E-state index in [0.717, 1.165) is 32.5 Å². The number of nitrogens with zero attached hydrogens (tertiary/aromatic N) is 1. The fourth-order valence-electron chi connectivity index (χ4n) is 2.06. The van der Waals surface area contributed by atoms with Crippen molar-refractivity contribution < 1.29 is 13.2 Å². The summed E-state index contributed by atoms with van der Waals surface area (Å²) in [6, 6.07) is 0.438. The molecule has 0 spiro atoms. The summed E-state index contributed by atoms with van der Waals surface area (Å²) in [5, 5.41) is 3.40. The van der Waals surface area contributed by atoms with Gasteiger partial charge in [0.1, 0.15) is 0 Å². The second-order valence-electron chi connectivity index (χ2n) is 4.43. The molecule has 5 heteroatoms. The molecule has 1 heterocycles. The second-order valence-corrected chi connectivity index (χ2v) is 4.43. The summed E-state index contributed by atoms with van der Waals surface area (Å²) in [5.74, 6) is 0. The molecule has 0 radical (unpaired) electrons. The zero-order chi connectivity index (χ0) is 12.0. The minimum atomic E-state index is -4.01. The van der Waals surface area contributed by atoms with Crippen LogP contribution in [0.15, 0.2) is 0 Å². The molecule has 1 atom stereocenters. The lowest BCUT2D eigenvalue weighted by Crippen LogP contribution is -2.37. The third-order valence-electron chi connectivity index (χ3n) is 2.99. The van der Waals surface area contributed by atoms with Crippen LogP contribution in [0.3, 0.4) is 0 Å². The first-order valence-corrected chi connectivity index (χ1v) is 6.04. The van der Waals surface area contributed by atoms with Crippen molar-refractivity contribution in [2.45, 2.75) is 44.8 Å². The highest BCUT2D eigenvalue weighted by atomic mass is 19.4. The van der Waals surface area contributed by atoms with E-state index in [1.54, 1.807) is 0 Å². The van der Waals surface area contributed by atoms with Gasteiger partial charge in [0.25, 0.3) is 0 Å². The Bertz CT molecular complexity index is 194. The normalized spacial score (nSPS) is 24.4. The van der Waals surface area contributed by atoms with Gasteiger partial charge in [-0.15, -0.1) is 0 Å². The zero-order valence-electron chi connectivity index (χ0n) is 9.82. The summed E-state index contributed by atoms with van der Waals surface area (Å²) in [4.78, 5) is 2.15. The van der Waals surface area contributed by atoms with E-state index in [-0.39, 0.29) is 6.42 Å². The minimum Gasteiger partial charge on any atom is -0.313 e. The van der Waals surface area contributed by atoms with Crippen molar-refractivity contribution in [2.24, 2.45) is 0 Å². The molecule has 16 heavy (non-hydrogen) atoms. The van der Waals surface area contributed by atoms with Gasteiger partial charge in [0.15, 0.2) is 0 Å². The van der Waals surface area contributed by atoms with E-state index in [0.29, 0.717) is 12.6 Å². The van der Waals surface area contributed by atoms with E-state index < -0.39 is 12.6 Å². The summed E-state index contributed by atoms with van der Waals surface area (Å²) >= 11 is 0. The Morgan fingerprint density at radius 2 is 2.12 bits per heavy atom. The molecule has 0 saturated carbocycles. The quantitative estimate of drug-likeness (QED) is 0.809. The molecule has 1 rings (SSSR count). The maximum Gasteiger partial charge on any atom is 0.389 e. The molecule has 1 fully saturated rings. The Balaban J connectivity index is 2.24. The molecular formula is C11H21F3N2. The van der Waals surface area contributed by atoms with E-state index in [1.165, 1.54) is 0 Å². The molecule has 1 N–H and O–H groups in total. The van der Waals surface area contributed by atoms with Gasteiger partial charge in [-0.05, 0) is 38.9 Å². The van der Waals surface area contributed by atoms with E-state index in [9.17, 15) is 13.2 Å². The molecule has 0 amide bonds. The van der Waals surface area contributed by atoms with Crippen LogP contribution in [0.4, 0.5) is 13.2 Å². The van der Waals surface area contributed by atoms with Gasteiger partial charge in [-0.25, -0.2) is 0 Å². The van der Waals surface area contributed by atoms with E-state index in [2.05, 4.69) is 17.1 Å². The highest BCUT2D eigenvalue weighted by Gasteiger charge is 2.26. The van der Waals surface area contributed by atoms with Crippen molar-refractivity contribution in [3.05, 3.63) is 0 Å². The van der Waals surface area contributed by atoms with Crippen LogP contribution >= 0.6 is 0 Å². The Morgan fingerprint density at radius 3 is 2.75 bits per heavy atom. The predicted octanol–water partition coefficient (Wildman–Crippen LogP) is 2.40. The zero-order valence-corrected chi connectivity index (χ0v) is 9.82. The van der Waals surface area contributed by atoms with Crippen molar-refractivity contribution >= 4 is 0 Å². The van der Waals surface area contributed by atoms with Gasteiger partial charge in [-0.3, -0.25) is 0 Å². The van der Waals surface area contributed by atoms with Gasteiger partial charge < -0.3 is 10.2 Å². The number of alkyl halides is 3. The lowest BCUT2D eigenvalue weighted by atomic mass is 10.2. The van der Waals surface area contributed by atoms with Crippen LogP contribution in [0.5, 0.6) is 0 Å². The molecule has 1 unspecified atom stereocenters. The summed E-state index contributed by atoms with van der Waals surface area (Å²) in [6.45, 7) is 5.46.